The lowest BCUT2D eigenvalue weighted by Gasteiger charge is -2.28. The number of rotatable bonds is 41. The van der Waals surface area contributed by atoms with Crippen LogP contribution in [0.4, 0.5) is 0 Å². The number of carbonyl (C=O) groups excluding carboxylic acids is 11. The van der Waals surface area contributed by atoms with Crippen molar-refractivity contribution in [2.24, 2.45) is 46.2 Å². The minimum atomic E-state index is -1.63. The summed E-state index contributed by atoms with van der Waals surface area (Å²) in [5, 5.41) is 48.9. The summed E-state index contributed by atoms with van der Waals surface area (Å²) < 4.78 is 0. The van der Waals surface area contributed by atoms with Crippen LogP contribution >= 0.6 is 0 Å². The van der Waals surface area contributed by atoms with E-state index in [1.165, 1.54) is 13.8 Å². The molecule has 1 aliphatic carbocycles. The molecule has 0 bridgehead atoms. The molecule has 1 saturated carbocycles. The average molecular weight is 1230 g/mol. The largest absolute Gasteiger partial charge is 0.391 e. The maximum atomic E-state index is 14.4. The second kappa shape index (κ2) is 41.3. The Morgan fingerprint density at radius 2 is 0.862 bits per heavy atom. The van der Waals surface area contributed by atoms with E-state index in [0.29, 0.717) is 12.0 Å². The molecule has 1 aromatic carbocycles. The van der Waals surface area contributed by atoms with Gasteiger partial charge in [0, 0.05) is 25.4 Å². The van der Waals surface area contributed by atoms with Gasteiger partial charge in [-0.2, -0.15) is 0 Å². The van der Waals surface area contributed by atoms with E-state index in [2.05, 4.69) is 58.5 Å². The summed E-state index contributed by atoms with van der Waals surface area (Å²) in [4.78, 5) is 150. The Bertz CT molecular complexity index is 2350. The van der Waals surface area contributed by atoms with Crippen LogP contribution in [0.3, 0.4) is 0 Å². The van der Waals surface area contributed by atoms with E-state index in [1.807, 2.05) is 6.92 Å². The highest BCUT2D eigenvalue weighted by atomic mass is 16.3. The molecule has 0 spiro atoms. The predicted molar refractivity (Wildman–Crippen MR) is 324 cm³/mol. The molecule has 0 heterocycles. The highest BCUT2D eigenvalue weighted by Gasteiger charge is 2.36. The Labute approximate surface area is 509 Å². The van der Waals surface area contributed by atoms with Crippen LogP contribution < -0.4 is 92.9 Å². The van der Waals surface area contributed by atoms with Crippen LogP contribution in [0.5, 0.6) is 0 Å². The number of nitrogens with one attached hydrogen (secondary N) is 11. The van der Waals surface area contributed by atoms with Crippen molar-refractivity contribution in [2.45, 2.75) is 197 Å². The van der Waals surface area contributed by atoms with Gasteiger partial charge in [0.05, 0.1) is 18.8 Å². The van der Waals surface area contributed by atoms with E-state index in [4.69, 9.17) is 34.4 Å². The van der Waals surface area contributed by atoms with Crippen molar-refractivity contribution in [3.05, 3.63) is 35.9 Å². The lowest BCUT2D eigenvalue weighted by molar-refractivity contribution is -0.136. The molecule has 25 N–H and O–H groups in total. The number of nitrogens with two attached hydrogens (primary N) is 6. The minimum absolute atomic E-state index is 0.00875. The molecule has 12 atom stereocenters. The second-order valence-corrected chi connectivity index (χ2v) is 22.5. The van der Waals surface area contributed by atoms with Gasteiger partial charge < -0.3 is 103 Å². The molecule has 1 fully saturated rings. The Morgan fingerprint density at radius 3 is 1.32 bits per heavy atom. The smallest absolute Gasteiger partial charge is 0.245 e. The molecule has 1 aliphatic rings. The van der Waals surface area contributed by atoms with Crippen LogP contribution in [0.2, 0.25) is 0 Å². The number of carbonyl (C=O) groups is 11. The van der Waals surface area contributed by atoms with Crippen molar-refractivity contribution in [2.75, 3.05) is 45.8 Å². The van der Waals surface area contributed by atoms with Crippen LogP contribution in [0.25, 0.3) is 0 Å². The second-order valence-electron chi connectivity index (χ2n) is 22.5. The van der Waals surface area contributed by atoms with Gasteiger partial charge in [0.2, 0.25) is 65.0 Å². The van der Waals surface area contributed by atoms with Crippen molar-refractivity contribution < 1.29 is 63.0 Å². The van der Waals surface area contributed by atoms with E-state index in [0.717, 1.165) is 32.1 Å². The highest BCUT2D eigenvalue weighted by molar-refractivity contribution is 5.98. The van der Waals surface area contributed by atoms with E-state index >= 15 is 0 Å². The van der Waals surface area contributed by atoms with Gasteiger partial charge in [-0.05, 0) is 122 Å². The van der Waals surface area contributed by atoms with Gasteiger partial charge >= 0.3 is 0 Å². The summed E-state index contributed by atoms with van der Waals surface area (Å²) in [5.74, 6) is -8.94. The molecule has 2 rings (SSSR count). The van der Waals surface area contributed by atoms with Crippen LogP contribution in [0, 0.1) is 11.8 Å². The van der Waals surface area contributed by atoms with Gasteiger partial charge in [0.25, 0.3) is 0 Å². The van der Waals surface area contributed by atoms with Crippen LogP contribution in [-0.4, -0.2) is 194 Å². The van der Waals surface area contributed by atoms with Gasteiger partial charge in [-0.15, -0.1) is 0 Å². The first-order valence-corrected chi connectivity index (χ1v) is 30.3. The maximum Gasteiger partial charge on any atom is 0.245 e. The van der Waals surface area contributed by atoms with E-state index < -0.39 is 144 Å². The topological polar surface area (TPSA) is 517 Å². The Morgan fingerprint density at radius 1 is 0.471 bits per heavy atom. The standard InChI is InChI=1S/C57H101N17O13/c1-6-27-64-56(86)47(33(4)75)73-53(83)42(21-26-62)68-51(81)41(20-25-61)69-54(84)43(28-32(2)3)71-55(85)44(29-35-13-9-7-10-14-35)72-50(80)39(18-23-59)67-46(78)31-65-49(79)38(17-22-58)70-57(87)48(34(5)76)74-52(82)40(19-24-60)66-45(77)30-37(63)36-15-11-8-12-16-36/h7,9-10,13-14,32-34,36-44,47-48,75-76H,6,8,11-12,15-31,58-63H2,1-5H3,(H,64,86)(H,65,79)(H,66,77)(H,67,78)(H,68,81)(H,69,84)(H,70,87)(H,71,85)(H,72,80)(H,73,83)(H,74,82)/t33?,34?,37?,38-,39-,40-,41-,42-,43-,44+,47?,48-/m0/s1. The van der Waals surface area contributed by atoms with E-state index in [9.17, 15) is 63.0 Å². The Kier molecular flexibility index (Phi) is 36.1. The third-order valence-corrected chi connectivity index (χ3v) is 14.5. The molecule has 0 saturated heterocycles. The fourth-order valence-electron chi connectivity index (χ4n) is 9.70. The summed E-state index contributed by atoms with van der Waals surface area (Å²) in [7, 11) is 0. The molecular weight excluding hydrogens is 1130 g/mol. The van der Waals surface area contributed by atoms with Crippen molar-refractivity contribution in [1.29, 1.82) is 0 Å². The lowest BCUT2D eigenvalue weighted by atomic mass is 9.83. The van der Waals surface area contributed by atoms with Gasteiger partial charge in [-0.3, -0.25) is 52.7 Å². The zero-order chi connectivity index (χ0) is 65.2. The van der Waals surface area contributed by atoms with Gasteiger partial charge in [0.1, 0.15) is 54.4 Å². The van der Waals surface area contributed by atoms with Crippen molar-refractivity contribution in [3.8, 4) is 0 Å². The fraction of sp³-hybridized carbons (Fsp3) is 0.702. The summed E-state index contributed by atoms with van der Waals surface area (Å²) >= 11 is 0. The van der Waals surface area contributed by atoms with Crippen LogP contribution in [-0.2, 0) is 59.2 Å². The van der Waals surface area contributed by atoms with Crippen molar-refractivity contribution in [3.63, 3.8) is 0 Å². The van der Waals surface area contributed by atoms with Gasteiger partial charge in [-0.25, -0.2) is 0 Å². The normalized spacial score (nSPS) is 16.6. The molecule has 30 nitrogen and oxygen atoms in total. The first-order chi connectivity index (χ1) is 41.3. The Balaban J connectivity index is 2.25. The average Bonchev–Trinajstić information content (AvgIpc) is 3.55. The van der Waals surface area contributed by atoms with Crippen molar-refractivity contribution >= 4 is 65.0 Å². The van der Waals surface area contributed by atoms with Gasteiger partial charge in [0.15, 0.2) is 0 Å². The molecule has 492 valence electrons. The molecule has 30 heteroatoms. The molecule has 1 aromatic rings. The number of hydrogen-bond acceptors (Lipinski definition) is 19. The molecule has 0 aliphatic heterocycles. The van der Waals surface area contributed by atoms with E-state index in [1.54, 1.807) is 44.2 Å². The third-order valence-electron chi connectivity index (χ3n) is 14.5. The number of benzene rings is 1. The van der Waals surface area contributed by atoms with Crippen molar-refractivity contribution in [1.82, 2.24) is 58.5 Å². The van der Waals surface area contributed by atoms with Crippen LogP contribution in [0.15, 0.2) is 30.3 Å². The molecule has 0 aromatic heterocycles. The zero-order valence-electron chi connectivity index (χ0n) is 51.2. The first-order valence-electron chi connectivity index (χ1n) is 30.3. The lowest BCUT2D eigenvalue weighted by Crippen LogP contribution is -2.61. The quantitative estimate of drug-likeness (QED) is 0.0290. The van der Waals surface area contributed by atoms with Gasteiger partial charge in [-0.1, -0.05) is 70.4 Å². The summed E-state index contributed by atoms with van der Waals surface area (Å²) in [6, 6.07) is -4.15. The molecule has 0 radical (unpaired) electrons. The maximum absolute atomic E-state index is 14.4. The highest BCUT2D eigenvalue weighted by Crippen LogP contribution is 2.27. The SMILES string of the molecule is CCCNC(=O)C(NC(=O)[C@H](CCN)NC(=O)[C@H](CCN)NC(=O)[C@H](CC(C)C)NC(=O)[C@@H](Cc1ccccc1)NC(=O)[C@H](CCN)NC(=O)CNC(=O)[C@H](CCN)NC(=O)[C@@H](NC(=O)[C@H](CCN)NC(=O)CC(N)C1CCCCC1)C(C)O)C(C)O. The predicted octanol–water partition coefficient (Wildman–Crippen LogP) is -5.92. The third kappa shape index (κ3) is 28.2. The summed E-state index contributed by atoms with van der Waals surface area (Å²) in [5.41, 5.74) is 36.0. The molecule has 11 amide bonds. The monoisotopic (exact) mass is 1230 g/mol. The zero-order valence-corrected chi connectivity index (χ0v) is 51.2. The van der Waals surface area contributed by atoms with Crippen LogP contribution in [0.1, 0.15) is 124 Å². The Hall–Kier alpha value is -6.93. The number of amides is 11. The summed E-state index contributed by atoms with van der Waals surface area (Å²) in [6.45, 7) is 7.01. The molecule has 87 heavy (non-hydrogen) atoms. The first kappa shape index (κ1) is 76.2. The molecular formula is C57H101N17O13. The fourth-order valence-corrected chi connectivity index (χ4v) is 9.70. The number of hydrogen-bond donors (Lipinski definition) is 19. The van der Waals surface area contributed by atoms with E-state index in [-0.39, 0.29) is 102 Å². The number of aliphatic hydroxyl groups excluding tert-OH is 2. The number of aliphatic hydroxyl groups is 2. The minimum Gasteiger partial charge on any atom is -0.391 e. The summed E-state index contributed by atoms with van der Waals surface area (Å²) in [6.07, 6.45) is 2.10. The molecule has 4 unspecified atom stereocenters.